The van der Waals surface area contributed by atoms with E-state index < -0.39 is 10.0 Å². The van der Waals surface area contributed by atoms with Crippen molar-refractivity contribution in [2.75, 3.05) is 19.6 Å². The van der Waals surface area contributed by atoms with E-state index >= 15 is 0 Å². The number of sulfonamides is 1. The van der Waals surface area contributed by atoms with E-state index in [4.69, 9.17) is 0 Å². The molecule has 2 amide bonds. The van der Waals surface area contributed by atoms with E-state index in [-0.39, 0.29) is 18.4 Å². The number of amides is 2. The number of hydrogen-bond acceptors (Lipinski definition) is 4. The van der Waals surface area contributed by atoms with Crippen LogP contribution in [0.2, 0.25) is 0 Å². The Bertz CT molecular complexity index is 1270. The van der Waals surface area contributed by atoms with Crippen LogP contribution in [0.5, 0.6) is 0 Å². The number of nitrogens with zero attached hydrogens (tertiary/aromatic N) is 2. The lowest BCUT2D eigenvalue weighted by atomic mass is 9.94. The zero-order valence-corrected chi connectivity index (χ0v) is 19.2. The summed E-state index contributed by atoms with van der Waals surface area (Å²) >= 11 is 0. The third-order valence-corrected chi connectivity index (χ3v) is 8.52. The summed E-state index contributed by atoms with van der Waals surface area (Å²) in [7, 11) is -3.50. The molecule has 3 aromatic carbocycles. The first-order valence-electron chi connectivity index (χ1n) is 11.4. The minimum Gasteiger partial charge on any atom is -0.274 e. The highest BCUT2D eigenvalue weighted by atomic mass is 32.2. The molecule has 0 unspecified atom stereocenters. The SMILES string of the molecule is O=C1c2cccc3cccc(c23)C(=O)N1CCc1ccc(S(=O)(=O)N2CCCCCC2)cc1. The third kappa shape index (κ3) is 3.96. The molecule has 6 nitrogen and oxygen atoms in total. The molecule has 2 aliphatic rings. The summed E-state index contributed by atoms with van der Waals surface area (Å²) in [6.07, 6.45) is 4.38. The van der Waals surface area contributed by atoms with E-state index in [0.717, 1.165) is 36.6 Å². The zero-order chi connectivity index (χ0) is 23.0. The molecule has 0 aliphatic carbocycles. The summed E-state index contributed by atoms with van der Waals surface area (Å²) in [5, 5.41) is 1.60. The molecule has 170 valence electrons. The zero-order valence-electron chi connectivity index (χ0n) is 18.4. The van der Waals surface area contributed by atoms with E-state index in [2.05, 4.69) is 0 Å². The first-order chi connectivity index (χ1) is 16.0. The van der Waals surface area contributed by atoms with Crippen molar-refractivity contribution >= 4 is 32.6 Å². The van der Waals surface area contributed by atoms with Gasteiger partial charge < -0.3 is 0 Å². The average molecular weight is 463 g/mol. The van der Waals surface area contributed by atoms with Crippen LogP contribution in [0.3, 0.4) is 0 Å². The molecule has 0 N–H and O–H groups in total. The average Bonchev–Trinajstić information content (AvgIpc) is 3.13. The Morgan fingerprint density at radius 1 is 0.727 bits per heavy atom. The van der Waals surface area contributed by atoms with Crippen LogP contribution < -0.4 is 0 Å². The summed E-state index contributed by atoms with van der Waals surface area (Å²) in [5.74, 6) is -0.575. The van der Waals surface area contributed by atoms with Crippen LogP contribution >= 0.6 is 0 Å². The molecule has 0 radical (unpaired) electrons. The minimum absolute atomic E-state index is 0.237. The van der Waals surface area contributed by atoms with Crippen molar-refractivity contribution in [3.63, 3.8) is 0 Å². The van der Waals surface area contributed by atoms with Crippen LogP contribution in [-0.2, 0) is 16.4 Å². The highest BCUT2D eigenvalue weighted by Gasteiger charge is 2.32. The first kappa shape index (κ1) is 21.8. The molecule has 0 aromatic heterocycles. The molecule has 2 aliphatic heterocycles. The van der Waals surface area contributed by atoms with Gasteiger partial charge in [-0.15, -0.1) is 0 Å². The number of rotatable bonds is 5. The summed E-state index contributed by atoms with van der Waals surface area (Å²) in [5.41, 5.74) is 1.96. The molecular formula is C26H26N2O4S. The number of hydrogen-bond donors (Lipinski definition) is 0. The number of benzene rings is 3. The maximum atomic E-state index is 13.0. The topological polar surface area (TPSA) is 74.8 Å². The van der Waals surface area contributed by atoms with Gasteiger partial charge in [0.15, 0.2) is 0 Å². The molecule has 0 bridgehead atoms. The van der Waals surface area contributed by atoms with E-state index in [9.17, 15) is 18.0 Å². The lowest BCUT2D eigenvalue weighted by Crippen LogP contribution is -2.41. The largest absolute Gasteiger partial charge is 0.274 e. The quantitative estimate of drug-likeness (QED) is 0.532. The lowest BCUT2D eigenvalue weighted by Gasteiger charge is -2.27. The monoisotopic (exact) mass is 462 g/mol. The molecule has 1 fully saturated rings. The summed E-state index contributed by atoms with van der Waals surface area (Å²) in [4.78, 5) is 27.7. The second kappa shape index (κ2) is 8.72. The summed E-state index contributed by atoms with van der Waals surface area (Å²) in [6, 6.07) is 17.8. The second-order valence-electron chi connectivity index (χ2n) is 8.68. The number of carbonyl (C=O) groups excluding carboxylic acids is 2. The van der Waals surface area contributed by atoms with Crippen molar-refractivity contribution < 1.29 is 18.0 Å². The van der Waals surface area contributed by atoms with Crippen molar-refractivity contribution in [3.05, 3.63) is 77.4 Å². The Balaban J connectivity index is 1.32. The van der Waals surface area contributed by atoms with Gasteiger partial charge in [-0.1, -0.05) is 49.2 Å². The van der Waals surface area contributed by atoms with Crippen molar-refractivity contribution in [2.24, 2.45) is 0 Å². The van der Waals surface area contributed by atoms with Gasteiger partial charge in [0.2, 0.25) is 10.0 Å². The van der Waals surface area contributed by atoms with Crippen molar-refractivity contribution in [1.82, 2.24) is 9.21 Å². The molecule has 7 heteroatoms. The van der Waals surface area contributed by atoms with Gasteiger partial charge in [0, 0.05) is 36.1 Å². The van der Waals surface area contributed by atoms with Gasteiger partial charge in [-0.05, 0) is 54.5 Å². The van der Waals surface area contributed by atoms with Crippen LogP contribution in [-0.4, -0.2) is 49.1 Å². The highest BCUT2D eigenvalue weighted by molar-refractivity contribution is 7.89. The van der Waals surface area contributed by atoms with Crippen LogP contribution in [0.4, 0.5) is 0 Å². The Labute approximate surface area is 193 Å². The summed E-state index contributed by atoms with van der Waals surface area (Å²) < 4.78 is 27.5. The van der Waals surface area contributed by atoms with Crippen LogP contribution in [0.15, 0.2) is 65.6 Å². The molecule has 0 saturated carbocycles. The van der Waals surface area contributed by atoms with Crippen molar-refractivity contribution in [2.45, 2.75) is 37.0 Å². The van der Waals surface area contributed by atoms with E-state index in [1.54, 1.807) is 40.7 Å². The van der Waals surface area contributed by atoms with Gasteiger partial charge in [-0.2, -0.15) is 4.31 Å². The minimum atomic E-state index is -3.50. The lowest BCUT2D eigenvalue weighted by molar-refractivity contribution is 0.0612. The molecule has 1 saturated heterocycles. The van der Waals surface area contributed by atoms with Gasteiger partial charge in [0.1, 0.15) is 0 Å². The predicted molar refractivity (Wildman–Crippen MR) is 127 cm³/mol. The van der Waals surface area contributed by atoms with Gasteiger partial charge in [0.25, 0.3) is 11.8 Å². The number of carbonyl (C=O) groups is 2. The Hall–Kier alpha value is -3.03. The normalized spacial score (nSPS) is 17.4. The Kier molecular flexibility index (Phi) is 5.76. The maximum absolute atomic E-state index is 13.0. The fraction of sp³-hybridized carbons (Fsp3) is 0.308. The van der Waals surface area contributed by atoms with E-state index in [1.807, 2.05) is 24.3 Å². The predicted octanol–water partition coefficient (Wildman–Crippen LogP) is 4.24. The van der Waals surface area contributed by atoms with Gasteiger partial charge in [-0.3, -0.25) is 14.5 Å². The van der Waals surface area contributed by atoms with Crippen molar-refractivity contribution in [3.8, 4) is 0 Å². The molecule has 33 heavy (non-hydrogen) atoms. The second-order valence-corrected chi connectivity index (χ2v) is 10.6. The fourth-order valence-corrected chi connectivity index (χ4v) is 6.30. The molecular weight excluding hydrogens is 436 g/mol. The van der Waals surface area contributed by atoms with Gasteiger partial charge in [0.05, 0.1) is 4.90 Å². The number of imide groups is 1. The van der Waals surface area contributed by atoms with Gasteiger partial charge in [-0.25, -0.2) is 8.42 Å². The smallest absolute Gasteiger partial charge is 0.261 e. The van der Waals surface area contributed by atoms with Crippen LogP contribution in [0.25, 0.3) is 10.8 Å². The van der Waals surface area contributed by atoms with E-state index in [0.29, 0.717) is 40.9 Å². The maximum Gasteiger partial charge on any atom is 0.261 e. The van der Waals surface area contributed by atoms with Crippen molar-refractivity contribution in [1.29, 1.82) is 0 Å². The summed E-state index contributed by atoms with van der Waals surface area (Å²) in [6.45, 7) is 1.37. The van der Waals surface area contributed by atoms with E-state index in [1.165, 1.54) is 4.90 Å². The third-order valence-electron chi connectivity index (χ3n) is 6.61. The fourth-order valence-electron chi connectivity index (χ4n) is 4.78. The molecule has 0 atom stereocenters. The van der Waals surface area contributed by atoms with Gasteiger partial charge >= 0.3 is 0 Å². The Morgan fingerprint density at radius 3 is 1.88 bits per heavy atom. The molecule has 0 spiro atoms. The highest BCUT2D eigenvalue weighted by Crippen LogP contribution is 2.30. The first-order valence-corrected chi connectivity index (χ1v) is 12.9. The Morgan fingerprint density at radius 2 is 1.30 bits per heavy atom. The van der Waals surface area contributed by atoms with Crippen LogP contribution in [0.1, 0.15) is 52.0 Å². The molecule has 2 heterocycles. The molecule has 5 rings (SSSR count). The van der Waals surface area contributed by atoms with Crippen LogP contribution in [0, 0.1) is 0 Å². The standard InChI is InChI=1S/C26H26N2O4S/c29-25-22-9-5-7-20-8-6-10-23(24(20)22)26(30)28(25)18-15-19-11-13-21(14-12-19)33(31,32)27-16-3-1-2-4-17-27/h5-14H,1-4,15-18H2. The molecule has 3 aromatic rings.